The number of carbonyl (C=O) groups excluding carboxylic acids is 1. The van der Waals surface area contributed by atoms with Crippen molar-refractivity contribution < 1.29 is 14.3 Å². The SMILES string of the molecule is COC(=O)C(C)(COc1ccccc1)NCc1ccc(Cl)c2cccnc12. The van der Waals surface area contributed by atoms with Gasteiger partial charge in [-0.15, -0.1) is 0 Å². The molecule has 0 radical (unpaired) electrons. The number of benzene rings is 2. The smallest absolute Gasteiger partial charge is 0.329 e. The minimum atomic E-state index is -1.02. The normalized spacial score (nSPS) is 13.1. The summed E-state index contributed by atoms with van der Waals surface area (Å²) in [6.45, 7) is 2.30. The first kappa shape index (κ1) is 19.1. The van der Waals surface area contributed by atoms with E-state index in [4.69, 9.17) is 21.1 Å². The largest absolute Gasteiger partial charge is 0.491 e. The molecule has 1 N–H and O–H groups in total. The van der Waals surface area contributed by atoms with Crippen LogP contribution < -0.4 is 10.1 Å². The summed E-state index contributed by atoms with van der Waals surface area (Å²) in [5.41, 5.74) is 0.712. The molecule has 3 rings (SSSR count). The second-order valence-electron chi connectivity index (χ2n) is 6.39. The molecule has 0 spiro atoms. The Morgan fingerprint density at radius 2 is 1.93 bits per heavy atom. The molecule has 6 heteroatoms. The zero-order valence-corrected chi connectivity index (χ0v) is 16.0. The number of halogens is 1. The molecule has 1 atom stereocenters. The molecule has 0 bridgehead atoms. The van der Waals surface area contributed by atoms with Gasteiger partial charge in [0.05, 0.1) is 12.6 Å². The van der Waals surface area contributed by atoms with Gasteiger partial charge in [0.2, 0.25) is 0 Å². The molecule has 0 aliphatic carbocycles. The summed E-state index contributed by atoms with van der Waals surface area (Å²) in [4.78, 5) is 16.8. The number of carbonyl (C=O) groups is 1. The first-order valence-corrected chi connectivity index (χ1v) is 8.95. The molecule has 3 aromatic rings. The van der Waals surface area contributed by atoms with Crippen LogP contribution in [0.15, 0.2) is 60.8 Å². The monoisotopic (exact) mass is 384 g/mol. The summed E-state index contributed by atoms with van der Waals surface area (Å²) >= 11 is 6.26. The summed E-state index contributed by atoms with van der Waals surface area (Å²) < 4.78 is 10.8. The van der Waals surface area contributed by atoms with E-state index < -0.39 is 11.5 Å². The number of hydrogen-bond acceptors (Lipinski definition) is 5. The van der Waals surface area contributed by atoms with Crippen molar-refractivity contribution in [2.45, 2.75) is 19.0 Å². The number of aromatic nitrogens is 1. The van der Waals surface area contributed by atoms with E-state index in [-0.39, 0.29) is 6.61 Å². The molecule has 27 heavy (non-hydrogen) atoms. The van der Waals surface area contributed by atoms with E-state index in [1.165, 1.54) is 7.11 Å². The van der Waals surface area contributed by atoms with Crippen LogP contribution in [-0.2, 0) is 16.1 Å². The van der Waals surface area contributed by atoms with E-state index in [1.807, 2.05) is 54.6 Å². The fourth-order valence-corrected chi connectivity index (χ4v) is 3.00. The molecular weight excluding hydrogens is 364 g/mol. The Hall–Kier alpha value is -2.63. The van der Waals surface area contributed by atoms with Crippen LogP contribution >= 0.6 is 11.6 Å². The molecular formula is C21H21ClN2O3. The molecule has 1 aromatic heterocycles. The van der Waals surface area contributed by atoms with Crippen molar-refractivity contribution in [3.63, 3.8) is 0 Å². The zero-order chi connectivity index (χ0) is 19.3. The third-order valence-corrected chi connectivity index (χ3v) is 4.71. The summed E-state index contributed by atoms with van der Waals surface area (Å²) in [6, 6.07) is 16.8. The average molecular weight is 385 g/mol. The van der Waals surface area contributed by atoms with Gasteiger partial charge in [0.15, 0.2) is 0 Å². The van der Waals surface area contributed by atoms with Gasteiger partial charge >= 0.3 is 5.97 Å². The molecule has 0 aliphatic rings. The summed E-state index contributed by atoms with van der Waals surface area (Å²) in [6.07, 6.45) is 1.72. The topological polar surface area (TPSA) is 60.5 Å². The number of pyridine rings is 1. The highest BCUT2D eigenvalue weighted by Gasteiger charge is 2.35. The average Bonchev–Trinajstić information content (AvgIpc) is 2.72. The second-order valence-corrected chi connectivity index (χ2v) is 6.79. The summed E-state index contributed by atoms with van der Waals surface area (Å²) in [5.74, 6) is 0.290. The Balaban J connectivity index is 1.79. The first-order chi connectivity index (χ1) is 13.0. The molecule has 0 amide bonds. The van der Waals surface area contributed by atoms with Gasteiger partial charge in [-0.1, -0.05) is 35.9 Å². The minimum Gasteiger partial charge on any atom is -0.491 e. The molecule has 5 nitrogen and oxygen atoms in total. The van der Waals surface area contributed by atoms with E-state index >= 15 is 0 Å². The molecule has 1 unspecified atom stereocenters. The number of ether oxygens (including phenoxy) is 2. The highest BCUT2D eigenvalue weighted by Crippen LogP contribution is 2.25. The molecule has 140 valence electrons. The number of fused-ring (bicyclic) bond motifs is 1. The maximum absolute atomic E-state index is 12.4. The molecule has 1 heterocycles. The van der Waals surface area contributed by atoms with Gasteiger partial charge in [-0.25, -0.2) is 4.79 Å². The number of nitrogens with one attached hydrogen (secondary N) is 1. The quantitative estimate of drug-likeness (QED) is 0.624. The van der Waals surface area contributed by atoms with Crippen LogP contribution in [0.2, 0.25) is 5.02 Å². The van der Waals surface area contributed by atoms with Crippen LogP contribution in [0.1, 0.15) is 12.5 Å². The number of methoxy groups -OCH3 is 1. The standard InChI is InChI=1S/C21H21ClN2O3/c1-21(20(25)26-2,14-27-16-7-4-3-5-8-16)24-13-15-10-11-18(22)17-9-6-12-23-19(15)17/h3-12,24H,13-14H2,1-2H3. The predicted octanol–water partition coefficient (Wildman–Crippen LogP) is 3.99. The Morgan fingerprint density at radius 1 is 1.15 bits per heavy atom. The van der Waals surface area contributed by atoms with Crippen molar-refractivity contribution in [2.24, 2.45) is 0 Å². The third-order valence-electron chi connectivity index (χ3n) is 4.38. The van der Waals surface area contributed by atoms with Crippen molar-refractivity contribution in [3.8, 4) is 5.75 Å². The lowest BCUT2D eigenvalue weighted by atomic mass is 10.0. The first-order valence-electron chi connectivity index (χ1n) is 8.57. The van der Waals surface area contributed by atoms with Crippen LogP contribution in [0.4, 0.5) is 0 Å². The van der Waals surface area contributed by atoms with E-state index in [2.05, 4.69) is 10.3 Å². The third kappa shape index (κ3) is 4.38. The van der Waals surface area contributed by atoms with E-state index in [0.717, 1.165) is 16.5 Å². The van der Waals surface area contributed by atoms with Crippen molar-refractivity contribution in [3.05, 3.63) is 71.4 Å². The van der Waals surface area contributed by atoms with E-state index in [0.29, 0.717) is 17.3 Å². The van der Waals surface area contributed by atoms with Crippen LogP contribution in [0.3, 0.4) is 0 Å². The number of hydrogen-bond donors (Lipinski definition) is 1. The number of rotatable bonds is 7. The second kappa shape index (κ2) is 8.37. The Labute approximate surface area is 163 Å². The van der Waals surface area contributed by atoms with Gasteiger partial charge in [0, 0.05) is 23.2 Å². The van der Waals surface area contributed by atoms with Gasteiger partial charge in [0.1, 0.15) is 17.9 Å². The van der Waals surface area contributed by atoms with Crippen molar-refractivity contribution in [1.82, 2.24) is 10.3 Å². The predicted molar refractivity (Wildman–Crippen MR) is 106 cm³/mol. The molecule has 0 saturated heterocycles. The number of para-hydroxylation sites is 1. The lowest BCUT2D eigenvalue weighted by Crippen LogP contribution is -2.54. The highest BCUT2D eigenvalue weighted by molar-refractivity contribution is 6.35. The van der Waals surface area contributed by atoms with Gasteiger partial charge in [-0.2, -0.15) is 0 Å². The minimum absolute atomic E-state index is 0.128. The fourth-order valence-electron chi connectivity index (χ4n) is 2.78. The lowest BCUT2D eigenvalue weighted by molar-refractivity contribution is -0.149. The summed E-state index contributed by atoms with van der Waals surface area (Å²) in [5, 5.41) is 4.78. The van der Waals surface area contributed by atoms with E-state index in [1.54, 1.807) is 13.1 Å². The number of esters is 1. The van der Waals surface area contributed by atoms with Gasteiger partial charge in [0.25, 0.3) is 0 Å². The van der Waals surface area contributed by atoms with Crippen LogP contribution in [0.5, 0.6) is 5.75 Å². The molecule has 0 saturated carbocycles. The Bertz CT molecular complexity index is 933. The zero-order valence-electron chi connectivity index (χ0n) is 15.2. The van der Waals surface area contributed by atoms with Gasteiger partial charge < -0.3 is 9.47 Å². The van der Waals surface area contributed by atoms with Gasteiger partial charge in [-0.05, 0) is 42.8 Å². The highest BCUT2D eigenvalue weighted by atomic mass is 35.5. The lowest BCUT2D eigenvalue weighted by Gasteiger charge is -2.28. The Morgan fingerprint density at radius 3 is 2.67 bits per heavy atom. The maximum Gasteiger partial charge on any atom is 0.329 e. The maximum atomic E-state index is 12.4. The van der Waals surface area contributed by atoms with Crippen molar-refractivity contribution in [1.29, 1.82) is 0 Å². The fraction of sp³-hybridized carbons (Fsp3) is 0.238. The number of nitrogens with zero attached hydrogens (tertiary/aromatic N) is 1. The molecule has 0 fully saturated rings. The van der Waals surface area contributed by atoms with E-state index in [9.17, 15) is 4.79 Å². The van der Waals surface area contributed by atoms with Crippen LogP contribution in [0, 0.1) is 0 Å². The van der Waals surface area contributed by atoms with Crippen LogP contribution in [0.25, 0.3) is 10.9 Å². The Kier molecular flexibility index (Phi) is 5.94. The summed E-state index contributed by atoms with van der Waals surface area (Å²) in [7, 11) is 1.37. The van der Waals surface area contributed by atoms with Crippen molar-refractivity contribution in [2.75, 3.05) is 13.7 Å². The van der Waals surface area contributed by atoms with Crippen LogP contribution in [-0.4, -0.2) is 30.2 Å². The van der Waals surface area contributed by atoms with Crippen molar-refractivity contribution >= 4 is 28.5 Å². The molecule has 0 aliphatic heterocycles. The van der Waals surface area contributed by atoms with Gasteiger partial charge in [-0.3, -0.25) is 10.3 Å². The molecule has 2 aromatic carbocycles.